The molecule has 26 heavy (non-hydrogen) atoms. The van der Waals surface area contributed by atoms with E-state index in [9.17, 15) is 5.26 Å². The van der Waals surface area contributed by atoms with Crippen LogP contribution in [-0.2, 0) is 19.5 Å². The Morgan fingerprint density at radius 3 is 2.73 bits per heavy atom. The summed E-state index contributed by atoms with van der Waals surface area (Å²) >= 11 is 6.44. The zero-order valence-corrected chi connectivity index (χ0v) is 16.1. The smallest absolute Gasteiger partial charge is 0.146 e. The summed E-state index contributed by atoms with van der Waals surface area (Å²) in [5.41, 5.74) is 3.94. The van der Waals surface area contributed by atoms with Gasteiger partial charge in [0.15, 0.2) is 0 Å². The van der Waals surface area contributed by atoms with Crippen molar-refractivity contribution in [3.63, 3.8) is 0 Å². The molecule has 0 bridgehead atoms. The van der Waals surface area contributed by atoms with Gasteiger partial charge in [0, 0.05) is 32.7 Å². The van der Waals surface area contributed by atoms with Gasteiger partial charge in [0.2, 0.25) is 0 Å². The van der Waals surface area contributed by atoms with Crippen LogP contribution >= 0.6 is 11.6 Å². The third-order valence-corrected chi connectivity index (χ3v) is 4.95. The molecule has 0 amide bonds. The van der Waals surface area contributed by atoms with E-state index in [2.05, 4.69) is 50.4 Å². The van der Waals surface area contributed by atoms with E-state index in [1.807, 2.05) is 20.2 Å². The highest BCUT2D eigenvalue weighted by molar-refractivity contribution is 6.30. The first-order chi connectivity index (χ1) is 12.6. The van der Waals surface area contributed by atoms with Gasteiger partial charge in [0.1, 0.15) is 17.0 Å². The number of aromatic nitrogens is 1. The van der Waals surface area contributed by atoms with Crippen molar-refractivity contribution in [3.05, 3.63) is 57.7 Å². The molecule has 0 unspecified atom stereocenters. The van der Waals surface area contributed by atoms with Crippen molar-refractivity contribution in [2.75, 3.05) is 39.0 Å². The first-order valence-corrected chi connectivity index (χ1v) is 9.22. The molecule has 6 heteroatoms. The third kappa shape index (κ3) is 4.34. The van der Waals surface area contributed by atoms with Crippen LogP contribution in [0, 0.1) is 11.3 Å². The molecule has 0 fully saturated rings. The van der Waals surface area contributed by atoms with Crippen LogP contribution in [0.1, 0.15) is 22.3 Å². The number of nitriles is 1. The molecule has 1 aromatic heterocycles. The Bertz CT molecular complexity index is 798. The van der Waals surface area contributed by atoms with Gasteiger partial charge in [-0.3, -0.25) is 4.90 Å². The minimum atomic E-state index is 0.519. The molecule has 0 saturated carbocycles. The monoisotopic (exact) mass is 369 g/mol. The molecule has 0 saturated heterocycles. The molecular formula is C20H24ClN5. The van der Waals surface area contributed by atoms with Crippen molar-refractivity contribution in [2.24, 2.45) is 0 Å². The molecule has 3 rings (SSSR count). The largest absolute Gasteiger partial charge is 0.368 e. The van der Waals surface area contributed by atoms with Crippen LogP contribution in [0.3, 0.4) is 0 Å². The maximum atomic E-state index is 9.75. The van der Waals surface area contributed by atoms with Crippen molar-refractivity contribution >= 4 is 17.4 Å². The maximum absolute atomic E-state index is 9.75. The number of halogens is 1. The highest BCUT2D eigenvalue weighted by Crippen LogP contribution is 2.32. The minimum absolute atomic E-state index is 0.519. The van der Waals surface area contributed by atoms with Gasteiger partial charge in [-0.15, -0.1) is 0 Å². The lowest BCUT2D eigenvalue weighted by Crippen LogP contribution is -2.31. The molecule has 0 spiro atoms. The van der Waals surface area contributed by atoms with E-state index in [4.69, 9.17) is 11.6 Å². The Hall–Kier alpha value is -2.13. The SMILES string of the molecule is CN(C)CCNc1nc(Cl)c2c(c1C#N)CN(Cc1ccccc1)CC2. The van der Waals surface area contributed by atoms with Crippen LogP contribution in [0.25, 0.3) is 0 Å². The maximum Gasteiger partial charge on any atom is 0.146 e. The Labute approximate surface area is 160 Å². The van der Waals surface area contributed by atoms with Crippen LogP contribution in [0.2, 0.25) is 5.15 Å². The van der Waals surface area contributed by atoms with E-state index in [0.29, 0.717) is 16.5 Å². The molecule has 0 aliphatic carbocycles. The quantitative estimate of drug-likeness (QED) is 0.793. The number of nitrogens with one attached hydrogen (secondary N) is 1. The Morgan fingerprint density at radius 2 is 2.04 bits per heavy atom. The van der Waals surface area contributed by atoms with Gasteiger partial charge in [-0.05, 0) is 37.2 Å². The van der Waals surface area contributed by atoms with Crippen LogP contribution < -0.4 is 5.32 Å². The van der Waals surface area contributed by atoms with Crippen LogP contribution in [-0.4, -0.2) is 48.5 Å². The highest BCUT2D eigenvalue weighted by atomic mass is 35.5. The fourth-order valence-corrected chi connectivity index (χ4v) is 3.56. The summed E-state index contributed by atoms with van der Waals surface area (Å²) in [6.07, 6.45) is 0.820. The number of anilines is 1. The number of rotatable bonds is 6. The molecule has 2 aromatic rings. The van der Waals surface area contributed by atoms with Crippen LogP contribution in [0.4, 0.5) is 5.82 Å². The summed E-state index contributed by atoms with van der Waals surface area (Å²) in [4.78, 5) is 8.90. The van der Waals surface area contributed by atoms with E-state index in [-0.39, 0.29) is 0 Å². The van der Waals surface area contributed by atoms with E-state index in [0.717, 1.165) is 50.3 Å². The first-order valence-electron chi connectivity index (χ1n) is 8.84. The summed E-state index contributed by atoms with van der Waals surface area (Å²) < 4.78 is 0. The van der Waals surface area contributed by atoms with Crippen LogP contribution in [0.15, 0.2) is 30.3 Å². The summed E-state index contributed by atoms with van der Waals surface area (Å²) in [7, 11) is 4.03. The summed E-state index contributed by atoms with van der Waals surface area (Å²) in [5.74, 6) is 0.597. The molecule has 0 atom stereocenters. The zero-order chi connectivity index (χ0) is 18.5. The summed E-state index contributed by atoms with van der Waals surface area (Å²) in [6, 6.07) is 12.8. The predicted octanol–water partition coefficient (Wildman–Crippen LogP) is 3.14. The molecule has 1 aliphatic heterocycles. The fourth-order valence-electron chi connectivity index (χ4n) is 3.26. The zero-order valence-electron chi connectivity index (χ0n) is 15.3. The second-order valence-corrected chi connectivity index (χ2v) is 7.23. The Morgan fingerprint density at radius 1 is 1.27 bits per heavy atom. The van der Waals surface area contributed by atoms with Crippen LogP contribution in [0.5, 0.6) is 0 Å². The Kier molecular flexibility index (Phi) is 6.10. The Balaban J connectivity index is 1.82. The molecule has 2 heterocycles. The second-order valence-electron chi connectivity index (χ2n) is 6.87. The molecule has 5 nitrogen and oxygen atoms in total. The number of hydrogen-bond acceptors (Lipinski definition) is 5. The summed E-state index contributed by atoms with van der Waals surface area (Å²) in [6.45, 7) is 4.09. The number of pyridine rings is 1. The molecule has 1 N–H and O–H groups in total. The predicted molar refractivity (Wildman–Crippen MR) is 105 cm³/mol. The topological polar surface area (TPSA) is 55.2 Å². The molecule has 1 aliphatic rings. The number of fused-ring (bicyclic) bond motifs is 1. The number of hydrogen-bond donors (Lipinski definition) is 1. The van der Waals surface area contributed by atoms with Crippen molar-refractivity contribution in [3.8, 4) is 6.07 Å². The van der Waals surface area contributed by atoms with Crippen molar-refractivity contribution in [1.29, 1.82) is 5.26 Å². The van der Waals surface area contributed by atoms with Gasteiger partial charge >= 0.3 is 0 Å². The highest BCUT2D eigenvalue weighted by Gasteiger charge is 2.25. The van der Waals surface area contributed by atoms with E-state index < -0.39 is 0 Å². The van der Waals surface area contributed by atoms with Gasteiger partial charge in [-0.25, -0.2) is 4.98 Å². The average Bonchev–Trinajstić information content (AvgIpc) is 2.62. The van der Waals surface area contributed by atoms with Crippen molar-refractivity contribution < 1.29 is 0 Å². The van der Waals surface area contributed by atoms with Crippen molar-refractivity contribution in [1.82, 2.24) is 14.8 Å². The second kappa shape index (κ2) is 8.50. The van der Waals surface area contributed by atoms with Gasteiger partial charge in [0.05, 0.1) is 5.56 Å². The standard InChI is InChI=1S/C20H24ClN5/c1-25(2)11-9-23-20-17(12-22)18-14-26(10-8-16(18)19(21)24-20)13-15-6-4-3-5-7-15/h3-7H,8-11,13-14H2,1-2H3,(H,23,24). The fraction of sp³-hybridized carbons (Fsp3) is 0.400. The van der Waals surface area contributed by atoms with Gasteiger partial charge in [0.25, 0.3) is 0 Å². The van der Waals surface area contributed by atoms with Crippen molar-refractivity contribution in [2.45, 2.75) is 19.5 Å². The summed E-state index contributed by atoms with van der Waals surface area (Å²) in [5, 5.41) is 13.5. The number of nitrogens with zero attached hydrogens (tertiary/aromatic N) is 4. The van der Waals surface area contributed by atoms with Gasteiger partial charge in [-0.2, -0.15) is 5.26 Å². The molecule has 136 valence electrons. The molecule has 1 aromatic carbocycles. The van der Waals surface area contributed by atoms with Gasteiger partial charge in [-0.1, -0.05) is 41.9 Å². The molecule has 0 radical (unpaired) electrons. The first kappa shape index (κ1) is 18.7. The average molecular weight is 370 g/mol. The number of benzene rings is 1. The lowest BCUT2D eigenvalue weighted by Gasteiger charge is -2.30. The lowest BCUT2D eigenvalue weighted by molar-refractivity contribution is 0.245. The third-order valence-electron chi connectivity index (χ3n) is 4.63. The van der Waals surface area contributed by atoms with E-state index in [1.165, 1.54) is 5.56 Å². The molecular weight excluding hydrogens is 346 g/mol. The van der Waals surface area contributed by atoms with Gasteiger partial charge < -0.3 is 10.2 Å². The lowest BCUT2D eigenvalue weighted by atomic mass is 9.96. The minimum Gasteiger partial charge on any atom is -0.368 e. The van der Waals surface area contributed by atoms with E-state index >= 15 is 0 Å². The normalized spacial score (nSPS) is 14.1. The number of likely N-dealkylation sites (N-methyl/N-ethyl adjacent to an activating group) is 1. The van der Waals surface area contributed by atoms with E-state index in [1.54, 1.807) is 0 Å².